The van der Waals surface area contributed by atoms with Crippen LogP contribution >= 0.6 is 27.5 Å². The van der Waals surface area contributed by atoms with Gasteiger partial charge in [0.25, 0.3) is 0 Å². The lowest BCUT2D eigenvalue weighted by atomic mass is 10.0. The Labute approximate surface area is 116 Å². The molecule has 5 heteroatoms. The van der Waals surface area contributed by atoms with Crippen molar-refractivity contribution in [3.05, 3.63) is 69.4 Å². The van der Waals surface area contributed by atoms with Crippen LogP contribution in [-0.4, -0.2) is 0 Å². The standard InChI is InChI=1S/C13H7BrClF3/c14-11-3-1-7(16)5-9(11)13(15)10-6-8(17)2-4-12(10)18/h1-6,13H. The summed E-state index contributed by atoms with van der Waals surface area (Å²) in [7, 11) is 0. The lowest BCUT2D eigenvalue weighted by Gasteiger charge is -2.13. The fraction of sp³-hybridized carbons (Fsp3) is 0.0769. The molecule has 0 saturated heterocycles. The second kappa shape index (κ2) is 5.33. The Morgan fingerprint density at radius 1 is 0.889 bits per heavy atom. The van der Waals surface area contributed by atoms with E-state index in [1.807, 2.05) is 0 Å². The maximum Gasteiger partial charge on any atom is 0.128 e. The van der Waals surface area contributed by atoms with Crippen LogP contribution in [0.15, 0.2) is 40.9 Å². The minimum Gasteiger partial charge on any atom is -0.207 e. The van der Waals surface area contributed by atoms with Gasteiger partial charge < -0.3 is 0 Å². The van der Waals surface area contributed by atoms with Gasteiger partial charge in [0.2, 0.25) is 0 Å². The Kier molecular flexibility index (Phi) is 3.97. The van der Waals surface area contributed by atoms with E-state index in [0.29, 0.717) is 10.0 Å². The van der Waals surface area contributed by atoms with E-state index in [0.717, 1.165) is 18.2 Å². The summed E-state index contributed by atoms with van der Waals surface area (Å²) < 4.78 is 40.4. The summed E-state index contributed by atoms with van der Waals surface area (Å²) in [5.74, 6) is -1.72. The van der Waals surface area contributed by atoms with Gasteiger partial charge in [0.15, 0.2) is 0 Å². The molecule has 0 amide bonds. The van der Waals surface area contributed by atoms with E-state index in [1.54, 1.807) is 0 Å². The molecule has 2 aromatic carbocycles. The third-order valence-electron chi connectivity index (χ3n) is 2.46. The molecule has 0 saturated carbocycles. The van der Waals surface area contributed by atoms with E-state index >= 15 is 0 Å². The first kappa shape index (κ1) is 13.4. The molecule has 2 aromatic rings. The maximum absolute atomic E-state index is 13.6. The Hall–Kier alpha value is -1.00. The second-order valence-corrected chi connectivity index (χ2v) is 4.98. The summed E-state index contributed by atoms with van der Waals surface area (Å²) in [6, 6.07) is 6.91. The van der Waals surface area contributed by atoms with E-state index in [9.17, 15) is 13.2 Å². The summed E-state index contributed by atoms with van der Waals surface area (Å²) in [6.45, 7) is 0. The molecule has 0 aliphatic rings. The van der Waals surface area contributed by atoms with Gasteiger partial charge in [-0.15, -0.1) is 11.6 Å². The van der Waals surface area contributed by atoms with Gasteiger partial charge in [-0.1, -0.05) is 15.9 Å². The van der Waals surface area contributed by atoms with E-state index in [4.69, 9.17) is 11.6 Å². The van der Waals surface area contributed by atoms with Crippen molar-refractivity contribution < 1.29 is 13.2 Å². The fourth-order valence-corrected chi connectivity index (χ4v) is 2.54. The van der Waals surface area contributed by atoms with Crippen LogP contribution in [0.1, 0.15) is 16.5 Å². The minimum absolute atomic E-state index is 0.0250. The molecule has 0 bridgehead atoms. The van der Waals surface area contributed by atoms with E-state index in [1.165, 1.54) is 18.2 Å². The predicted octanol–water partition coefficient (Wildman–Crippen LogP) is 5.19. The largest absolute Gasteiger partial charge is 0.207 e. The van der Waals surface area contributed by atoms with Crippen LogP contribution in [-0.2, 0) is 0 Å². The topological polar surface area (TPSA) is 0 Å². The Morgan fingerprint density at radius 2 is 1.44 bits per heavy atom. The molecule has 0 radical (unpaired) electrons. The molecule has 0 heterocycles. The predicted molar refractivity (Wildman–Crippen MR) is 68.2 cm³/mol. The third kappa shape index (κ3) is 2.70. The lowest BCUT2D eigenvalue weighted by molar-refractivity contribution is 0.586. The molecule has 1 atom stereocenters. The monoisotopic (exact) mass is 334 g/mol. The van der Waals surface area contributed by atoms with Crippen molar-refractivity contribution in [1.29, 1.82) is 0 Å². The number of halogens is 5. The van der Waals surface area contributed by atoms with Gasteiger partial charge in [-0.3, -0.25) is 0 Å². The first-order chi connectivity index (χ1) is 8.49. The summed E-state index contributed by atoms with van der Waals surface area (Å²) in [6.07, 6.45) is 0. The first-order valence-corrected chi connectivity index (χ1v) is 6.26. The Balaban J connectivity index is 2.50. The van der Waals surface area contributed by atoms with Crippen molar-refractivity contribution in [2.24, 2.45) is 0 Å². The summed E-state index contributed by atoms with van der Waals surface area (Å²) in [5, 5.41) is -0.967. The average Bonchev–Trinajstić information content (AvgIpc) is 2.34. The number of hydrogen-bond acceptors (Lipinski definition) is 0. The average molecular weight is 336 g/mol. The van der Waals surface area contributed by atoms with Crippen LogP contribution in [0.25, 0.3) is 0 Å². The van der Waals surface area contributed by atoms with Crippen LogP contribution < -0.4 is 0 Å². The first-order valence-electron chi connectivity index (χ1n) is 5.03. The zero-order valence-corrected chi connectivity index (χ0v) is 11.3. The lowest BCUT2D eigenvalue weighted by Crippen LogP contribution is -1.99. The number of rotatable bonds is 2. The van der Waals surface area contributed by atoms with Gasteiger partial charge in [-0.2, -0.15) is 0 Å². The van der Waals surface area contributed by atoms with Crippen molar-refractivity contribution in [3.63, 3.8) is 0 Å². The molecule has 0 aliphatic carbocycles. The molecule has 94 valence electrons. The molecule has 0 fully saturated rings. The van der Waals surface area contributed by atoms with Gasteiger partial charge in [0, 0.05) is 10.0 Å². The molecule has 0 N–H and O–H groups in total. The summed E-state index contributed by atoms with van der Waals surface area (Å²) >= 11 is 9.29. The highest BCUT2D eigenvalue weighted by molar-refractivity contribution is 9.10. The normalized spacial score (nSPS) is 12.5. The van der Waals surface area contributed by atoms with E-state index in [-0.39, 0.29) is 5.56 Å². The Bertz CT molecular complexity index is 535. The molecule has 0 nitrogen and oxygen atoms in total. The molecular formula is C13H7BrClF3. The fourth-order valence-electron chi connectivity index (χ4n) is 1.59. The van der Waals surface area contributed by atoms with E-state index < -0.39 is 22.8 Å². The van der Waals surface area contributed by atoms with Crippen molar-refractivity contribution in [2.75, 3.05) is 0 Å². The van der Waals surface area contributed by atoms with Gasteiger partial charge in [-0.25, -0.2) is 13.2 Å². The summed E-state index contributed by atoms with van der Waals surface area (Å²) in [4.78, 5) is 0. The molecule has 1 unspecified atom stereocenters. The van der Waals surface area contributed by atoms with Gasteiger partial charge in [0.1, 0.15) is 17.5 Å². The van der Waals surface area contributed by atoms with Crippen LogP contribution in [0.4, 0.5) is 13.2 Å². The molecule has 2 rings (SSSR count). The highest BCUT2D eigenvalue weighted by Gasteiger charge is 2.19. The smallest absolute Gasteiger partial charge is 0.128 e. The van der Waals surface area contributed by atoms with Crippen molar-refractivity contribution in [3.8, 4) is 0 Å². The molecule has 0 aliphatic heterocycles. The highest BCUT2D eigenvalue weighted by Crippen LogP contribution is 2.35. The SMILES string of the molecule is Fc1ccc(F)c(C(Cl)c2cc(F)ccc2Br)c1. The van der Waals surface area contributed by atoms with E-state index in [2.05, 4.69) is 15.9 Å². The van der Waals surface area contributed by atoms with Crippen molar-refractivity contribution in [1.82, 2.24) is 0 Å². The highest BCUT2D eigenvalue weighted by atomic mass is 79.9. The third-order valence-corrected chi connectivity index (χ3v) is 3.65. The van der Waals surface area contributed by atoms with Crippen LogP contribution in [0.2, 0.25) is 0 Å². The van der Waals surface area contributed by atoms with Crippen LogP contribution in [0, 0.1) is 17.5 Å². The molecule has 0 aromatic heterocycles. The van der Waals surface area contributed by atoms with Gasteiger partial charge in [0.05, 0.1) is 5.38 Å². The van der Waals surface area contributed by atoms with Gasteiger partial charge >= 0.3 is 0 Å². The summed E-state index contributed by atoms with van der Waals surface area (Å²) in [5.41, 5.74) is 0.323. The molecule has 0 spiro atoms. The van der Waals surface area contributed by atoms with Crippen molar-refractivity contribution >= 4 is 27.5 Å². The van der Waals surface area contributed by atoms with Crippen LogP contribution in [0.3, 0.4) is 0 Å². The molecule has 18 heavy (non-hydrogen) atoms. The zero-order valence-electron chi connectivity index (χ0n) is 8.93. The maximum atomic E-state index is 13.6. The Morgan fingerprint density at radius 3 is 2.11 bits per heavy atom. The molecular weight excluding hydrogens is 328 g/mol. The zero-order chi connectivity index (χ0) is 13.3. The van der Waals surface area contributed by atoms with Crippen LogP contribution in [0.5, 0.6) is 0 Å². The number of alkyl halides is 1. The number of benzene rings is 2. The minimum atomic E-state index is -0.967. The van der Waals surface area contributed by atoms with Gasteiger partial charge in [-0.05, 0) is 42.0 Å². The second-order valence-electron chi connectivity index (χ2n) is 3.69. The quantitative estimate of drug-likeness (QED) is 0.662. The number of hydrogen-bond donors (Lipinski definition) is 0. The van der Waals surface area contributed by atoms with Crippen molar-refractivity contribution in [2.45, 2.75) is 5.38 Å².